The van der Waals surface area contributed by atoms with Crippen molar-refractivity contribution >= 4 is 11.0 Å². The third kappa shape index (κ3) is 2.37. The summed E-state index contributed by atoms with van der Waals surface area (Å²) in [5, 5.41) is 4.70. The minimum atomic E-state index is 0.184. The molecule has 104 valence electrons. The van der Waals surface area contributed by atoms with Gasteiger partial charge < -0.3 is 14.2 Å². The molecule has 3 aromatic rings. The molecule has 3 rings (SSSR count). The van der Waals surface area contributed by atoms with Crippen LogP contribution in [0.2, 0.25) is 0 Å². The first-order valence-corrected chi connectivity index (χ1v) is 7.05. The molecule has 2 aromatic heterocycles. The highest BCUT2D eigenvalue weighted by molar-refractivity contribution is 5.82. The van der Waals surface area contributed by atoms with Gasteiger partial charge in [-0.15, -0.1) is 0 Å². The van der Waals surface area contributed by atoms with Crippen molar-refractivity contribution in [2.45, 2.75) is 32.9 Å². The first-order valence-electron chi connectivity index (χ1n) is 7.05. The summed E-state index contributed by atoms with van der Waals surface area (Å²) in [4.78, 5) is 0. The van der Waals surface area contributed by atoms with Crippen molar-refractivity contribution in [2.75, 3.05) is 0 Å². The average Bonchev–Trinajstić information content (AvgIpc) is 3.12. The maximum atomic E-state index is 5.91. The lowest BCUT2D eigenvalue weighted by molar-refractivity contribution is 0.428. The maximum Gasteiger partial charge on any atom is 0.134 e. The average molecular weight is 269 g/mol. The van der Waals surface area contributed by atoms with Gasteiger partial charge >= 0.3 is 0 Å². The number of nitrogens with one attached hydrogen (secondary N) is 1. The first-order chi connectivity index (χ1) is 9.79. The molecular weight excluding hydrogens is 250 g/mol. The van der Waals surface area contributed by atoms with Crippen molar-refractivity contribution in [3.8, 4) is 0 Å². The summed E-state index contributed by atoms with van der Waals surface area (Å²) >= 11 is 0. The van der Waals surface area contributed by atoms with Crippen LogP contribution < -0.4 is 5.32 Å². The smallest absolute Gasteiger partial charge is 0.134 e. The molecule has 0 saturated heterocycles. The molecule has 1 unspecified atom stereocenters. The van der Waals surface area contributed by atoms with E-state index >= 15 is 0 Å². The number of hydrogen-bond donors (Lipinski definition) is 1. The van der Waals surface area contributed by atoms with Crippen molar-refractivity contribution in [1.29, 1.82) is 0 Å². The monoisotopic (exact) mass is 269 g/mol. The van der Waals surface area contributed by atoms with Crippen LogP contribution in [0.1, 0.15) is 37.0 Å². The zero-order valence-electron chi connectivity index (χ0n) is 11.8. The van der Waals surface area contributed by atoms with Gasteiger partial charge in [-0.1, -0.05) is 25.1 Å². The summed E-state index contributed by atoms with van der Waals surface area (Å²) in [6.45, 7) is 5.01. The summed E-state index contributed by atoms with van der Waals surface area (Å²) in [5.74, 6) is 2.01. The fourth-order valence-electron chi connectivity index (χ4n) is 2.52. The van der Waals surface area contributed by atoms with Gasteiger partial charge in [0.05, 0.1) is 12.3 Å². The third-order valence-electron chi connectivity index (χ3n) is 3.66. The Balaban J connectivity index is 1.83. The van der Waals surface area contributed by atoms with Crippen LogP contribution in [0.15, 0.2) is 51.5 Å². The van der Waals surface area contributed by atoms with Gasteiger partial charge in [-0.25, -0.2) is 0 Å². The molecule has 2 heterocycles. The van der Waals surface area contributed by atoms with E-state index in [1.54, 1.807) is 6.26 Å². The second kappa shape index (κ2) is 5.55. The number of fused-ring (bicyclic) bond motifs is 1. The lowest BCUT2D eigenvalue weighted by atomic mass is 10.1. The Morgan fingerprint density at radius 1 is 1.15 bits per heavy atom. The lowest BCUT2D eigenvalue weighted by Crippen LogP contribution is -2.18. The van der Waals surface area contributed by atoms with Crippen LogP contribution in [0.5, 0.6) is 0 Å². The summed E-state index contributed by atoms with van der Waals surface area (Å²) in [5.41, 5.74) is 2.22. The maximum absolute atomic E-state index is 5.91. The van der Waals surface area contributed by atoms with Gasteiger partial charge in [-0.05, 0) is 25.1 Å². The van der Waals surface area contributed by atoms with Crippen molar-refractivity contribution in [1.82, 2.24) is 5.32 Å². The number of hydrogen-bond acceptors (Lipinski definition) is 3. The van der Waals surface area contributed by atoms with Crippen LogP contribution in [-0.4, -0.2) is 0 Å². The fraction of sp³-hybridized carbons (Fsp3) is 0.294. The third-order valence-corrected chi connectivity index (χ3v) is 3.66. The highest BCUT2D eigenvalue weighted by atomic mass is 16.3. The molecule has 0 saturated carbocycles. The molecule has 1 atom stereocenters. The number of rotatable bonds is 5. The predicted octanol–water partition coefficient (Wildman–Crippen LogP) is 4.44. The first kappa shape index (κ1) is 13.0. The summed E-state index contributed by atoms with van der Waals surface area (Å²) < 4.78 is 11.3. The standard InChI is InChI=1S/C17H19NO2/c1-3-15-14(13-7-4-5-8-17(13)20-15)11-18-12(2)16-9-6-10-19-16/h4-10,12,18H,3,11H2,1-2H3. The van der Waals surface area contributed by atoms with Crippen LogP contribution in [-0.2, 0) is 13.0 Å². The Labute approximate surface area is 118 Å². The van der Waals surface area contributed by atoms with Crippen molar-refractivity contribution in [3.05, 3.63) is 59.7 Å². The molecule has 1 N–H and O–H groups in total. The molecule has 0 radical (unpaired) electrons. The molecule has 3 nitrogen and oxygen atoms in total. The minimum Gasteiger partial charge on any atom is -0.468 e. The van der Waals surface area contributed by atoms with Crippen LogP contribution in [0.25, 0.3) is 11.0 Å². The number of benzene rings is 1. The van der Waals surface area contributed by atoms with Gasteiger partial charge in [0.1, 0.15) is 17.1 Å². The van der Waals surface area contributed by atoms with E-state index in [9.17, 15) is 0 Å². The molecule has 0 aliphatic heterocycles. The number of para-hydroxylation sites is 1. The molecule has 20 heavy (non-hydrogen) atoms. The Bertz CT molecular complexity index is 682. The minimum absolute atomic E-state index is 0.184. The topological polar surface area (TPSA) is 38.3 Å². The van der Waals surface area contributed by atoms with Crippen molar-refractivity contribution in [2.24, 2.45) is 0 Å². The van der Waals surface area contributed by atoms with Gasteiger partial charge in [0.2, 0.25) is 0 Å². The lowest BCUT2D eigenvalue weighted by Gasteiger charge is -2.11. The molecule has 0 spiro atoms. The Hall–Kier alpha value is -2.00. The van der Waals surface area contributed by atoms with Gasteiger partial charge in [-0.3, -0.25) is 0 Å². The summed E-state index contributed by atoms with van der Waals surface area (Å²) in [7, 11) is 0. The van der Waals surface area contributed by atoms with Crippen LogP contribution in [0, 0.1) is 0 Å². The normalized spacial score (nSPS) is 12.9. The SMILES string of the molecule is CCc1oc2ccccc2c1CNC(C)c1ccco1. The number of aryl methyl sites for hydroxylation is 1. The van der Waals surface area contributed by atoms with Crippen molar-refractivity contribution in [3.63, 3.8) is 0 Å². The van der Waals surface area contributed by atoms with E-state index in [-0.39, 0.29) is 6.04 Å². The quantitative estimate of drug-likeness (QED) is 0.744. The van der Waals surface area contributed by atoms with Crippen LogP contribution >= 0.6 is 0 Å². The molecule has 0 aliphatic rings. The zero-order chi connectivity index (χ0) is 13.9. The van der Waals surface area contributed by atoms with Gasteiger partial charge in [0, 0.05) is 23.9 Å². The zero-order valence-corrected chi connectivity index (χ0v) is 11.8. The molecule has 0 fully saturated rings. The largest absolute Gasteiger partial charge is 0.468 e. The Morgan fingerprint density at radius 2 is 2.00 bits per heavy atom. The summed E-state index contributed by atoms with van der Waals surface area (Å²) in [6.07, 6.45) is 2.61. The van der Waals surface area contributed by atoms with E-state index in [1.807, 2.05) is 24.3 Å². The second-order valence-corrected chi connectivity index (χ2v) is 4.97. The molecular formula is C17H19NO2. The number of furan rings is 2. The van der Waals surface area contributed by atoms with E-state index in [0.717, 1.165) is 30.1 Å². The van der Waals surface area contributed by atoms with E-state index in [0.29, 0.717) is 0 Å². The molecule has 0 aliphatic carbocycles. The molecule has 1 aromatic carbocycles. The molecule has 3 heteroatoms. The van der Waals surface area contributed by atoms with Gasteiger partial charge in [-0.2, -0.15) is 0 Å². The van der Waals surface area contributed by atoms with Gasteiger partial charge in [0.15, 0.2) is 0 Å². The van der Waals surface area contributed by atoms with E-state index in [1.165, 1.54) is 10.9 Å². The highest BCUT2D eigenvalue weighted by Gasteiger charge is 2.14. The predicted molar refractivity (Wildman–Crippen MR) is 79.6 cm³/mol. The summed E-state index contributed by atoms with van der Waals surface area (Å²) in [6, 6.07) is 12.3. The fourth-order valence-corrected chi connectivity index (χ4v) is 2.52. The van der Waals surface area contributed by atoms with E-state index < -0.39 is 0 Å². The van der Waals surface area contributed by atoms with E-state index in [2.05, 4.69) is 31.3 Å². The molecule has 0 bridgehead atoms. The highest BCUT2D eigenvalue weighted by Crippen LogP contribution is 2.27. The molecule has 0 amide bonds. The Kier molecular flexibility index (Phi) is 3.61. The van der Waals surface area contributed by atoms with E-state index in [4.69, 9.17) is 8.83 Å². The Morgan fingerprint density at radius 3 is 2.75 bits per heavy atom. The van der Waals surface area contributed by atoms with Crippen LogP contribution in [0.4, 0.5) is 0 Å². The van der Waals surface area contributed by atoms with Gasteiger partial charge in [0.25, 0.3) is 0 Å². The second-order valence-electron chi connectivity index (χ2n) is 4.97. The van der Waals surface area contributed by atoms with Crippen LogP contribution in [0.3, 0.4) is 0 Å². The van der Waals surface area contributed by atoms with Crippen molar-refractivity contribution < 1.29 is 8.83 Å².